The van der Waals surface area contributed by atoms with E-state index in [-0.39, 0.29) is 41.4 Å². The van der Waals surface area contributed by atoms with E-state index in [9.17, 15) is 19.2 Å². The highest BCUT2D eigenvalue weighted by Gasteiger charge is 2.33. The molecule has 1 aromatic rings. The third-order valence-corrected chi connectivity index (χ3v) is 6.22. The predicted octanol–water partition coefficient (Wildman–Crippen LogP) is 7.44. The van der Waals surface area contributed by atoms with Crippen LogP contribution in [0, 0.1) is 31.6 Å². The molecule has 1 aromatic carbocycles. The zero-order chi connectivity index (χ0) is 26.4. The van der Waals surface area contributed by atoms with Crippen LogP contribution in [0.3, 0.4) is 0 Å². The molecule has 34 heavy (non-hydrogen) atoms. The Balaban J connectivity index is 0.00000137. The minimum Gasteiger partial charge on any atom is -0.300 e. The Hall–Kier alpha value is -2.10. The van der Waals surface area contributed by atoms with Gasteiger partial charge in [-0.15, -0.1) is 0 Å². The summed E-state index contributed by atoms with van der Waals surface area (Å²) < 4.78 is 0. The predicted molar refractivity (Wildman–Crippen MR) is 141 cm³/mol. The van der Waals surface area contributed by atoms with Gasteiger partial charge in [-0.05, 0) is 82.4 Å². The molecule has 0 saturated heterocycles. The molecular weight excluding hydrogens is 424 g/mol. The Bertz CT molecular complexity index is 817. The largest absolute Gasteiger partial charge is 0.300 e. The van der Waals surface area contributed by atoms with Gasteiger partial charge in [-0.2, -0.15) is 0 Å². The van der Waals surface area contributed by atoms with Crippen LogP contribution in [-0.2, 0) is 20.8 Å². The number of benzene rings is 1. The van der Waals surface area contributed by atoms with E-state index in [0.29, 0.717) is 12.3 Å². The maximum absolute atomic E-state index is 12.8. The fourth-order valence-corrected chi connectivity index (χ4v) is 4.83. The zero-order valence-corrected chi connectivity index (χ0v) is 23.2. The fourth-order valence-electron chi connectivity index (χ4n) is 4.83. The fraction of sp³-hybridized carbons (Fsp3) is 0.667. The number of fused-ring (bicyclic) bond motifs is 1. The average Bonchev–Trinajstić information content (AvgIpc) is 2.71. The van der Waals surface area contributed by atoms with E-state index in [0.717, 1.165) is 48.8 Å². The summed E-state index contributed by atoms with van der Waals surface area (Å²) in [4.78, 5) is 46.3. The lowest BCUT2D eigenvalue weighted by molar-refractivity contribution is -0.130. The summed E-state index contributed by atoms with van der Waals surface area (Å²) in [6.45, 7) is 17.1. The zero-order valence-electron chi connectivity index (χ0n) is 23.2. The molecule has 1 aliphatic rings. The molecule has 1 aliphatic carbocycles. The molecular formula is C30H48O4. The van der Waals surface area contributed by atoms with Crippen molar-refractivity contribution in [3.05, 3.63) is 34.4 Å². The Morgan fingerprint density at radius 1 is 0.971 bits per heavy atom. The smallest absolute Gasteiger partial charge is 0.163 e. The number of carbonyl (C=O) groups is 4. The van der Waals surface area contributed by atoms with Crippen LogP contribution in [0.1, 0.15) is 120 Å². The normalized spacial score (nSPS) is 16.1. The number of Topliss-reactive ketones (excluding diaryl/α,β-unsaturated/α-hetero) is 4. The number of ketones is 4. The summed E-state index contributed by atoms with van der Waals surface area (Å²) in [6.07, 6.45) is 6.45. The van der Waals surface area contributed by atoms with Gasteiger partial charge in [-0.3, -0.25) is 14.4 Å². The summed E-state index contributed by atoms with van der Waals surface area (Å²) >= 11 is 0. The molecule has 0 aromatic heterocycles. The molecule has 0 aliphatic heterocycles. The quantitative estimate of drug-likeness (QED) is 0.350. The van der Waals surface area contributed by atoms with Crippen LogP contribution in [-0.4, -0.2) is 23.1 Å². The number of hydrogen-bond donors (Lipinski definition) is 0. The van der Waals surface area contributed by atoms with E-state index < -0.39 is 0 Å². The van der Waals surface area contributed by atoms with Gasteiger partial charge < -0.3 is 4.79 Å². The van der Waals surface area contributed by atoms with Crippen molar-refractivity contribution in [1.82, 2.24) is 0 Å². The summed E-state index contributed by atoms with van der Waals surface area (Å²) in [6, 6.07) is 4.22. The van der Waals surface area contributed by atoms with Crippen molar-refractivity contribution in [2.24, 2.45) is 17.8 Å². The second kappa shape index (κ2) is 16.5. The monoisotopic (exact) mass is 472 g/mol. The number of hydrogen-bond acceptors (Lipinski definition) is 4. The average molecular weight is 473 g/mol. The maximum Gasteiger partial charge on any atom is 0.163 e. The molecule has 4 heteroatoms. The lowest BCUT2D eigenvalue weighted by Gasteiger charge is -2.32. The number of aryl methyl sites for hydroxylation is 1. The van der Waals surface area contributed by atoms with Crippen molar-refractivity contribution < 1.29 is 19.2 Å². The van der Waals surface area contributed by atoms with Gasteiger partial charge in [0, 0.05) is 17.9 Å². The molecule has 0 heterocycles. The Morgan fingerprint density at radius 3 is 2.00 bits per heavy atom. The van der Waals surface area contributed by atoms with Crippen LogP contribution in [0.25, 0.3) is 0 Å². The molecule has 0 radical (unpaired) electrons. The Kier molecular flexibility index (Phi) is 15.5. The van der Waals surface area contributed by atoms with Crippen LogP contribution in [0.4, 0.5) is 0 Å². The summed E-state index contributed by atoms with van der Waals surface area (Å²) in [5.41, 5.74) is 4.38. The van der Waals surface area contributed by atoms with Gasteiger partial charge in [0.15, 0.2) is 5.78 Å². The van der Waals surface area contributed by atoms with Gasteiger partial charge in [0.25, 0.3) is 0 Å². The van der Waals surface area contributed by atoms with Crippen molar-refractivity contribution >= 4 is 23.1 Å². The highest BCUT2D eigenvalue weighted by atomic mass is 16.1. The molecule has 0 fully saturated rings. The lowest BCUT2D eigenvalue weighted by Crippen LogP contribution is -2.29. The number of carbonyl (C=O) groups excluding carboxylic acids is 4. The first-order valence-corrected chi connectivity index (χ1v) is 13.0. The van der Waals surface area contributed by atoms with E-state index in [1.54, 1.807) is 0 Å². The van der Waals surface area contributed by atoms with Crippen molar-refractivity contribution in [3.8, 4) is 0 Å². The minimum absolute atomic E-state index is 0.0453. The third kappa shape index (κ3) is 10.9. The Labute approximate surface area is 208 Å². The van der Waals surface area contributed by atoms with E-state index in [1.165, 1.54) is 32.8 Å². The molecule has 0 saturated carbocycles. The molecule has 0 N–H and O–H groups in total. The van der Waals surface area contributed by atoms with E-state index in [4.69, 9.17) is 0 Å². The van der Waals surface area contributed by atoms with Crippen molar-refractivity contribution in [2.75, 3.05) is 0 Å². The molecule has 0 spiro atoms. The first kappa shape index (κ1) is 31.9. The van der Waals surface area contributed by atoms with Crippen molar-refractivity contribution in [1.29, 1.82) is 0 Å². The van der Waals surface area contributed by atoms with Crippen LogP contribution in [0.5, 0.6) is 0 Å². The number of rotatable bonds is 9. The van der Waals surface area contributed by atoms with E-state index in [2.05, 4.69) is 39.8 Å². The van der Waals surface area contributed by atoms with Gasteiger partial charge in [0.2, 0.25) is 0 Å². The van der Waals surface area contributed by atoms with E-state index >= 15 is 0 Å². The highest BCUT2D eigenvalue weighted by Crippen LogP contribution is 2.36. The summed E-state index contributed by atoms with van der Waals surface area (Å²) in [5, 5.41) is 0. The minimum atomic E-state index is -0.0647. The topological polar surface area (TPSA) is 68.3 Å². The van der Waals surface area contributed by atoms with Gasteiger partial charge in [0.05, 0.1) is 6.42 Å². The first-order valence-electron chi connectivity index (χ1n) is 13.0. The second-order valence-electron chi connectivity index (χ2n) is 10.00. The Morgan fingerprint density at radius 2 is 1.53 bits per heavy atom. The van der Waals surface area contributed by atoms with Crippen LogP contribution in [0.2, 0.25) is 0 Å². The van der Waals surface area contributed by atoms with Gasteiger partial charge in [0.1, 0.15) is 17.3 Å². The molecule has 4 nitrogen and oxygen atoms in total. The molecule has 2 rings (SSSR count). The maximum atomic E-state index is 12.8. The van der Waals surface area contributed by atoms with Crippen LogP contribution >= 0.6 is 0 Å². The summed E-state index contributed by atoms with van der Waals surface area (Å²) in [5.74, 6) is 0.935. The molecule has 3 atom stereocenters. The SMILES string of the molecule is CC(C)=O.CCC.CCCC(CC1CC(=O)c2c(ccc(C)c2C)C1)C(CC)C(=O)CC(C)=O. The first-order chi connectivity index (χ1) is 15.9. The van der Waals surface area contributed by atoms with Crippen LogP contribution < -0.4 is 0 Å². The third-order valence-electron chi connectivity index (χ3n) is 6.22. The molecule has 0 amide bonds. The second-order valence-corrected chi connectivity index (χ2v) is 10.00. The molecule has 3 unspecified atom stereocenters. The van der Waals surface area contributed by atoms with Crippen molar-refractivity contribution in [3.63, 3.8) is 0 Å². The summed E-state index contributed by atoms with van der Waals surface area (Å²) in [7, 11) is 0. The molecule has 192 valence electrons. The van der Waals surface area contributed by atoms with Crippen LogP contribution in [0.15, 0.2) is 12.1 Å². The van der Waals surface area contributed by atoms with E-state index in [1.807, 2.05) is 13.8 Å². The van der Waals surface area contributed by atoms with Crippen molar-refractivity contribution in [2.45, 2.75) is 114 Å². The standard InChI is InChI=1S/C24H34O3.C3H6O.C3H8/c1-6-8-19(21(7-2)22(26)11-16(4)25)12-18-13-20-10-9-15(3)17(5)24(20)23(27)14-18;1-3(2)4;1-3-2/h9-10,18-19,21H,6-8,11-14H2,1-5H3;1-2H3;3H2,1-2H3. The lowest BCUT2D eigenvalue weighted by atomic mass is 9.72. The molecule has 0 bridgehead atoms. The van der Waals surface area contributed by atoms with Gasteiger partial charge in [-0.25, -0.2) is 0 Å². The van der Waals surface area contributed by atoms with Gasteiger partial charge >= 0.3 is 0 Å². The highest BCUT2D eigenvalue weighted by molar-refractivity contribution is 6.00. The van der Waals surface area contributed by atoms with Gasteiger partial charge in [-0.1, -0.05) is 59.1 Å².